The second kappa shape index (κ2) is 5.90. The summed E-state index contributed by atoms with van der Waals surface area (Å²) in [6.45, 7) is 2.23. The van der Waals surface area contributed by atoms with E-state index in [0.29, 0.717) is 0 Å². The Kier molecular flexibility index (Phi) is 4.23. The molecule has 0 aromatic heterocycles. The van der Waals surface area contributed by atoms with Gasteiger partial charge in [-0.3, -0.25) is 0 Å². The number of hydrogen-bond donors (Lipinski definition) is 2. The van der Waals surface area contributed by atoms with Crippen LogP contribution in [-0.2, 0) is 6.42 Å². The van der Waals surface area contributed by atoms with Crippen molar-refractivity contribution < 1.29 is 0 Å². The maximum absolute atomic E-state index is 5.73. The second-order valence-corrected chi connectivity index (χ2v) is 4.83. The number of rotatable bonds is 7. The fourth-order valence-corrected chi connectivity index (χ4v) is 2.03. The summed E-state index contributed by atoms with van der Waals surface area (Å²) in [5.74, 6) is 1.07. The van der Waals surface area contributed by atoms with Crippen molar-refractivity contribution >= 4 is 5.69 Å². The average molecular weight is 218 g/mol. The molecule has 1 aromatic carbocycles. The summed E-state index contributed by atoms with van der Waals surface area (Å²) in [5.41, 5.74) is 7.93. The van der Waals surface area contributed by atoms with Crippen molar-refractivity contribution in [3.05, 3.63) is 29.8 Å². The Labute approximate surface area is 98.2 Å². The van der Waals surface area contributed by atoms with Crippen molar-refractivity contribution in [2.45, 2.75) is 32.1 Å². The van der Waals surface area contributed by atoms with Gasteiger partial charge < -0.3 is 11.1 Å². The van der Waals surface area contributed by atoms with Crippen LogP contribution < -0.4 is 11.1 Å². The normalized spacial score (nSPS) is 15.2. The van der Waals surface area contributed by atoms with Crippen LogP contribution in [0, 0.1) is 5.92 Å². The highest BCUT2D eigenvalue weighted by atomic mass is 14.8. The first kappa shape index (κ1) is 11.5. The third-order valence-corrected chi connectivity index (χ3v) is 3.20. The zero-order chi connectivity index (χ0) is 11.2. The van der Waals surface area contributed by atoms with Crippen LogP contribution in [0.3, 0.4) is 0 Å². The molecule has 0 bridgehead atoms. The minimum absolute atomic E-state index is 0.867. The molecule has 88 valence electrons. The fraction of sp³-hybridized carbons (Fsp3) is 0.571. The predicted octanol–water partition coefficient (Wildman–Crippen LogP) is 2.59. The lowest BCUT2D eigenvalue weighted by molar-refractivity contribution is 0.594. The molecule has 3 N–H and O–H groups in total. The van der Waals surface area contributed by atoms with Gasteiger partial charge in [0.05, 0.1) is 0 Å². The lowest BCUT2D eigenvalue weighted by atomic mass is 10.1. The highest BCUT2D eigenvalue weighted by molar-refractivity contribution is 5.40. The molecular formula is C14H22N2. The lowest BCUT2D eigenvalue weighted by Gasteiger charge is -2.05. The van der Waals surface area contributed by atoms with Crippen LogP contribution in [0.1, 0.15) is 31.2 Å². The van der Waals surface area contributed by atoms with Gasteiger partial charge in [0.25, 0.3) is 0 Å². The van der Waals surface area contributed by atoms with Crippen LogP contribution in [0.2, 0.25) is 0 Å². The van der Waals surface area contributed by atoms with Gasteiger partial charge in [-0.15, -0.1) is 0 Å². The van der Waals surface area contributed by atoms with Gasteiger partial charge in [-0.25, -0.2) is 0 Å². The number of nitrogens with one attached hydrogen (secondary N) is 1. The number of nitrogens with two attached hydrogens (primary N) is 1. The molecule has 1 fully saturated rings. The molecule has 16 heavy (non-hydrogen) atoms. The standard InChI is InChI=1S/C14H22N2/c15-14-5-1-3-13(11-14)8-10-16-9-2-4-12-6-7-12/h1,3,5,11-12,16H,2,4,6-10,15H2. The average Bonchev–Trinajstić information content (AvgIpc) is 3.07. The molecule has 0 heterocycles. The Morgan fingerprint density at radius 3 is 2.88 bits per heavy atom. The van der Waals surface area contributed by atoms with E-state index in [1.807, 2.05) is 12.1 Å². The van der Waals surface area contributed by atoms with E-state index < -0.39 is 0 Å². The third kappa shape index (κ3) is 4.23. The SMILES string of the molecule is Nc1cccc(CCNCCCC2CC2)c1. The molecule has 0 atom stereocenters. The van der Waals surface area contributed by atoms with Gasteiger partial charge in [-0.1, -0.05) is 25.0 Å². The summed E-state index contributed by atoms with van der Waals surface area (Å²) < 4.78 is 0. The van der Waals surface area contributed by atoms with E-state index >= 15 is 0 Å². The van der Waals surface area contributed by atoms with Crippen LogP contribution in [0.5, 0.6) is 0 Å². The molecule has 0 saturated heterocycles. The molecule has 0 aliphatic heterocycles. The van der Waals surface area contributed by atoms with Crippen LogP contribution in [0.15, 0.2) is 24.3 Å². The van der Waals surface area contributed by atoms with E-state index in [9.17, 15) is 0 Å². The van der Waals surface area contributed by atoms with Gasteiger partial charge in [0, 0.05) is 5.69 Å². The summed E-state index contributed by atoms with van der Waals surface area (Å²) in [7, 11) is 0. The molecule has 1 aliphatic carbocycles. The smallest absolute Gasteiger partial charge is 0.0316 e. The first-order valence-corrected chi connectivity index (χ1v) is 6.40. The molecule has 0 radical (unpaired) electrons. The highest BCUT2D eigenvalue weighted by Gasteiger charge is 2.19. The molecular weight excluding hydrogens is 196 g/mol. The first-order valence-electron chi connectivity index (χ1n) is 6.40. The van der Waals surface area contributed by atoms with Gasteiger partial charge in [-0.05, 0) is 56.0 Å². The Morgan fingerprint density at radius 2 is 2.12 bits per heavy atom. The van der Waals surface area contributed by atoms with E-state index in [0.717, 1.165) is 24.6 Å². The minimum atomic E-state index is 0.867. The Balaban J connectivity index is 1.53. The predicted molar refractivity (Wildman–Crippen MR) is 69.4 cm³/mol. The number of benzene rings is 1. The summed E-state index contributed by atoms with van der Waals surface area (Å²) in [5, 5.41) is 3.50. The molecule has 0 spiro atoms. The molecule has 0 amide bonds. The van der Waals surface area contributed by atoms with Gasteiger partial charge >= 0.3 is 0 Å². The zero-order valence-corrected chi connectivity index (χ0v) is 9.91. The topological polar surface area (TPSA) is 38.0 Å². The van der Waals surface area contributed by atoms with E-state index in [-0.39, 0.29) is 0 Å². The summed E-state index contributed by atoms with van der Waals surface area (Å²) >= 11 is 0. The maximum Gasteiger partial charge on any atom is 0.0316 e. The van der Waals surface area contributed by atoms with E-state index in [4.69, 9.17) is 5.73 Å². The van der Waals surface area contributed by atoms with Crippen molar-refractivity contribution in [2.24, 2.45) is 5.92 Å². The maximum atomic E-state index is 5.73. The largest absolute Gasteiger partial charge is 0.399 e. The van der Waals surface area contributed by atoms with Gasteiger partial charge in [0.15, 0.2) is 0 Å². The molecule has 0 unspecified atom stereocenters. The van der Waals surface area contributed by atoms with Gasteiger partial charge in [0.1, 0.15) is 0 Å². The van der Waals surface area contributed by atoms with Crippen molar-refractivity contribution in [1.29, 1.82) is 0 Å². The quantitative estimate of drug-likeness (QED) is 0.545. The van der Waals surface area contributed by atoms with Crippen LogP contribution in [0.4, 0.5) is 5.69 Å². The monoisotopic (exact) mass is 218 g/mol. The van der Waals surface area contributed by atoms with Crippen LogP contribution in [-0.4, -0.2) is 13.1 Å². The lowest BCUT2D eigenvalue weighted by Crippen LogP contribution is -2.18. The number of hydrogen-bond acceptors (Lipinski definition) is 2. The van der Waals surface area contributed by atoms with Crippen LogP contribution >= 0.6 is 0 Å². The Morgan fingerprint density at radius 1 is 1.25 bits per heavy atom. The molecule has 2 rings (SSSR count). The van der Waals surface area contributed by atoms with Crippen molar-refractivity contribution in [1.82, 2.24) is 5.32 Å². The number of nitrogen functional groups attached to an aromatic ring is 1. The summed E-state index contributed by atoms with van der Waals surface area (Å²) in [6, 6.07) is 8.17. The van der Waals surface area contributed by atoms with E-state index in [1.54, 1.807) is 0 Å². The zero-order valence-electron chi connectivity index (χ0n) is 9.91. The Hall–Kier alpha value is -1.02. The summed E-state index contributed by atoms with van der Waals surface area (Å²) in [6.07, 6.45) is 6.79. The van der Waals surface area contributed by atoms with Crippen LogP contribution in [0.25, 0.3) is 0 Å². The molecule has 1 aliphatic rings. The molecule has 2 heteroatoms. The van der Waals surface area contributed by atoms with E-state index in [2.05, 4.69) is 17.4 Å². The Bertz CT molecular complexity index is 318. The first-order chi connectivity index (χ1) is 7.84. The van der Waals surface area contributed by atoms with Crippen molar-refractivity contribution in [3.63, 3.8) is 0 Å². The fourth-order valence-electron chi connectivity index (χ4n) is 2.03. The van der Waals surface area contributed by atoms with Crippen molar-refractivity contribution in [3.8, 4) is 0 Å². The second-order valence-electron chi connectivity index (χ2n) is 4.83. The third-order valence-electron chi connectivity index (χ3n) is 3.20. The highest BCUT2D eigenvalue weighted by Crippen LogP contribution is 2.33. The van der Waals surface area contributed by atoms with Crippen molar-refractivity contribution in [2.75, 3.05) is 18.8 Å². The summed E-state index contributed by atoms with van der Waals surface area (Å²) in [4.78, 5) is 0. The van der Waals surface area contributed by atoms with Gasteiger partial charge in [-0.2, -0.15) is 0 Å². The minimum Gasteiger partial charge on any atom is -0.399 e. The molecule has 1 saturated carbocycles. The molecule has 2 nitrogen and oxygen atoms in total. The van der Waals surface area contributed by atoms with E-state index in [1.165, 1.54) is 37.8 Å². The molecule has 1 aromatic rings. The van der Waals surface area contributed by atoms with Gasteiger partial charge in [0.2, 0.25) is 0 Å². The number of anilines is 1.